The van der Waals surface area contributed by atoms with Crippen LogP contribution in [-0.2, 0) is 37.5 Å². The topological polar surface area (TPSA) is 18.5 Å². The second-order valence-corrected chi connectivity index (χ2v) is 22.3. The van der Waals surface area contributed by atoms with Crippen LogP contribution in [0.3, 0.4) is 0 Å². The molecule has 0 unspecified atom stereocenters. The third-order valence-corrected chi connectivity index (χ3v) is 15.6. The molecule has 4 heteroatoms. The number of fused-ring (bicyclic) bond motifs is 5. The zero-order chi connectivity index (χ0) is 55.8. The SMILES string of the molecule is CC.CC.CC.CC.CC.CC1(C)CCC(C)(C)CC1.CC1(C)CCc2ccccc21.c1ccc2c(c1)CCCO2.c1ccc2c(c1)CCCS2.c1ccc2c(c1)CCO2.c1ccc2c(c1)CCS2.c1ccccc1. The highest BCUT2D eigenvalue weighted by Crippen LogP contribution is 2.44. The van der Waals surface area contributed by atoms with Gasteiger partial charge in [-0.15, -0.1) is 23.5 Å². The maximum atomic E-state index is 5.42. The van der Waals surface area contributed by atoms with Crippen LogP contribution in [0.15, 0.2) is 168 Å². The van der Waals surface area contributed by atoms with E-state index >= 15 is 0 Å². The van der Waals surface area contributed by atoms with Crippen molar-refractivity contribution in [1.82, 2.24) is 0 Å². The molecule has 0 amide bonds. The van der Waals surface area contributed by atoms with Crippen LogP contribution in [0.1, 0.15) is 189 Å². The van der Waals surface area contributed by atoms with Crippen LogP contribution in [0.5, 0.6) is 11.5 Å². The number of benzene rings is 6. The van der Waals surface area contributed by atoms with Gasteiger partial charge in [-0.3, -0.25) is 0 Å². The molecule has 0 N–H and O–H groups in total. The zero-order valence-electron chi connectivity index (χ0n) is 50.5. The average Bonchev–Trinajstić information content (AvgIpc) is 4.26. The van der Waals surface area contributed by atoms with Gasteiger partial charge in [-0.2, -0.15) is 0 Å². The first-order chi connectivity index (χ1) is 36.5. The summed E-state index contributed by atoms with van der Waals surface area (Å²) >= 11 is 3.96. The number of thioether (sulfide) groups is 2. The highest BCUT2D eigenvalue weighted by Gasteiger charge is 2.31. The molecule has 75 heavy (non-hydrogen) atoms. The van der Waals surface area contributed by atoms with Crippen molar-refractivity contribution >= 4 is 23.5 Å². The van der Waals surface area contributed by atoms with E-state index in [-0.39, 0.29) is 0 Å². The number of para-hydroxylation sites is 2. The predicted octanol–water partition coefficient (Wildman–Crippen LogP) is 22.0. The van der Waals surface area contributed by atoms with Gasteiger partial charge >= 0.3 is 0 Å². The summed E-state index contributed by atoms with van der Waals surface area (Å²) in [5, 5.41) is 0. The van der Waals surface area contributed by atoms with Crippen molar-refractivity contribution in [1.29, 1.82) is 0 Å². The Bertz CT molecular complexity index is 2040. The third kappa shape index (κ3) is 27.0. The molecule has 0 spiro atoms. The normalized spacial score (nSPS) is 15.8. The smallest absolute Gasteiger partial charge is 0.122 e. The molecule has 2 aliphatic carbocycles. The van der Waals surface area contributed by atoms with E-state index in [1.807, 2.05) is 159 Å². The molecule has 0 saturated heterocycles. The van der Waals surface area contributed by atoms with Crippen molar-refractivity contribution in [2.24, 2.45) is 10.8 Å². The molecule has 4 heterocycles. The molecule has 0 atom stereocenters. The van der Waals surface area contributed by atoms with Crippen LogP contribution in [0.25, 0.3) is 0 Å². The van der Waals surface area contributed by atoms with Crippen LogP contribution in [0, 0.1) is 10.8 Å². The quantitative estimate of drug-likeness (QED) is 0.151. The lowest BCUT2D eigenvalue weighted by Crippen LogP contribution is -2.26. The van der Waals surface area contributed by atoms with Gasteiger partial charge in [0.1, 0.15) is 11.5 Å². The monoisotopic (exact) mass is 1050 g/mol. The largest absolute Gasteiger partial charge is 0.493 e. The molecule has 1 saturated carbocycles. The van der Waals surface area contributed by atoms with Gasteiger partial charge < -0.3 is 9.47 Å². The number of hydrogen-bond donors (Lipinski definition) is 0. The van der Waals surface area contributed by atoms with Crippen LogP contribution in [0.2, 0.25) is 0 Å². The number of rotatable bonds is 0. The predicted molar refractivity (Wildman–Crippen MR) is 339 cm³/mol. The molecule has 6 aromatic rings. The molecule has 12 rings (SSSR count). The van der Waals surface area contributed by atoms with Gasteiger partial charge in [-0.1, -0.05) is 244 Å². The summed E-state index contributed by atoms with van der Waals surface area (Å²) in [4.78, 5) is 2.98. The Morgan fingerprint density at radius 2 is 0.693 bits per heavy atom. The summed E-state index contributed by atoms with van der Waals surface area (Å²) in [7, 11) is 0. The maximum absolute atomic E-state index is 5.42. The highest BCUT2D eigenvalue weighted by atomic mass is 32.2. The fourth-order valence-corrected chi connectivity index (χ4v) is 10.9. The van der Waals surface area contributed by atoms with E-state index in [2.05, 4.69) is 133 Å². The van der Waals surface area contributed by atoms with Gasteiger partial charge in [0.25, 0.3) is 0 Å². The second-order valence-electron chi connectivity index (χ2n) is 20.1. The minimum Gasteiger partial charge on any atom is -0.493 e. The third-order valence-electron chi connectivity index (χ3n) is 13.2. The molecular weight excluding hydrogens is 949 g/mol. The van der Waals surface area contributed by atoms with E-state index in [1.54, 1.807) is 16.7 Å². The van der Waals surface area contributed by atoms with E-state index in [9.17, 15) is 0 Å². The Morgan fingerprint density at radius 1 is 0.320 bits per heavy atom. The summed E-state index contributed by atoms with van der Waals surface area (Å²) in [6.45, 7) is 36.0. The summed E-state index contributed by atoms with van der Waals surface area (Å²) in [6, 6.07) is 54.6. The molecule has 0 radical (unpaired) electrons. The van der Waals surface area contributed by atoms with E-state index in [0.717, 1.165) is 37.6 Å². The first-order valence-corrected chi connectivity index (χ1v) is 31.4. The average molecular weight is 1060 g/mol. The minimum atomic E-state index is 0.427. The van der Waals surface area contributed by atoms with Gasteiger partial charge in [0.15, 0.2) is 0 Å². The van der Waals surface area contributed by atoms with Crippen LogP contribution >= 0.6 is 23.5 Å². The van der Waals surface area contributed by atoms with E-state index in [1.165, 1.54) is 102 Å². The van der Waals surface area contributed by atoms with Gasteiger partial charge in [0.2, 0.25) is 0 Å². The summed E-state index contributed by atoms with van der Waals surface area (Å²) < 4.78 is 10.7. The van der Waals surface area contributed by atoms with E-state index < -0.39 is 0 Å². The van der Waals surface area contributed by atoms with Crippen LogP contribution in [-0.4, -0.2) is 24.7 Å². The van der Waals surface area contributed by atoms with Crippen molar-refractivity contribution in [2.75, 3.05) is 24.7 Å². The first-order valence-electron chi connectivity index (χ1n) is 29.4. The van der Waals surface area contributed by atoms with Crippen molar-refractivity contribution < 1.29 is 9.47 Å². The Balaban J connectivity index is 0.000000427. The summed E-state index contributed by atoms with van der Waals surface area (Å²) in [6.07, 6.45) is 15.6. The lowest BCUT2D eigenvalue weighted by molar-refractivity contribution is 0.133. The Hall–Kier alpha value is -4.38. The molecule has 0 bridgehead atoms. The summed E-state index contributed by atoms with van der Waals surface area (Å²) in [5.41, 5.74) is 10.6. The fraction of sp³-hybridized carbons (Fsp3) is 0.493. The van der Waals surface area contributed by atoms with Gasteiger partial charge in [0.05, 0.1) is 13.2 Å². The van der Waals surface area contributed by atoms with Crippen molar-refractivity contribution in [2.45, 2.75) is 203 Å². The maximum Gasteiger partial charge on any atom is 0.122 e. The Labute approximate surface area is 471 Å². The number of aryl methyl sites for hydroxylation is 4. The molecule has 2 nitrogen and oxygen atoms in total. The molecule has 0 aromatic heterocycles. The number of hydrogen-bond acceptors (Lipinski definition) is 4. The molecule has 4 aliphatic heterocycles. The van der Waals surface area contributed by atoms with Gasteiger partial charge in [0, 0.05) is 22.0 Å². The molecule has 6 aliphatic rings. The van der Waals surface area contributed by atoms with Crippen molar-refractivity contribution in [3.05, 3.63) is 191 Å². The van der Waals surface area contributed by atoms with Crippen LogP contribution < -0.4 is 9.47 Å². The second kappa shape index (κ2) is 40.8. The minimum absolute atomic E-state index is 0.427. The summed E-state index contributed by atoms with van der Waals surface area (Å²) in [5.74, 6) is 4.72. The molecule has 1 fully saturated rings. The molecule has 6 aromatic carbocycles. The van der Waals surface area contributed by atoms with Gasteiger partial charge in [-0.25, -0.2) is 0 Å². The lowest BCUT2D eigenvalue weighted by Gasteiger charge is -2.39. The van der Waals surface area contributed by atoms with Gasteiger partial charge in [-0.05, 0) is 150 Å². The van der Waals surface area contributed by atoms with Crippen molar-refractivity contribution in [3.63, 3.8) is 0 Å². The zero-order valence-corrected chi connectivity index (χ0v) is 52.1. The van der Waals surface area contributed by atoms with E-state index in [0.29, 0.717) is 16.2 Å². The number of ether oxygens (including phenoxy) is 2. The van der Waals surface area contributed by atoms with Crippen LogP contribution in [0.4, 0.5) is 0 Å². The first kappa shape index (κ1) is 68.6. The Morgan fingerprint density at radius 3 is 1.15 bits per heavy atom. The molecule has 414 valence electrons. The fourth-order valence-electron chi connectivity index (χ4n) is 8.80. The van der Waals surface area contributed by atoms with Crippen molar-refractivity contribution in [3.8, 4) is 11.5 Å². The standard InChI is InChI=1S/C11H14.C10H20.C9H10O.C9H10S.C8H8O.C8H8S.C6H6.5C2H6/c1-11(2)8-7-9-5-3-4-6-10(9)11;1-9(2)5-7-10(3,4)8-6-9;2*1-2-6-9-8(4-1)5-3-7-10-9;2*1-2-4-8-7(3-1)5-6-9-8;1-2-4-6-5-3-1;5*1-2/h3-6H,7-8H2,1-2H3;5-8H2,1-4H3;2*1-2,4,6H,3,5,7H2;2*1-4H,5-6H2;1-6H;5*1-2H3. The molecular formula is C71H106O2S2. The van der Waals surface area contributed by atoms with E-state index in [4.69, 9.17) is 9.47 Å². The lowest BCUT2D eigenvalue weighted by atomic mass is 9.67. The highest BCUT2D eigenvalue weighted by molar-refractivity contribution is 7.99. The Kier molecular flexibility index (Phi) is 37.4.